The van der Waals surface area contributed by atoms with Gasteiger partial charge in [0.2, 0.25) is 5.95 Å². The first-order chi connectivity index (χ1) is 21.6. The van der Waals surface area contributed by atoms with E-state index in [9.17, 15) is 14.0 Å². The number of benzene rings is 3. The zero-order valence-electron chi connectivity index (χ0n) is 24.6. The average molecular weight is 652 g/mol. The number of ether oxygens (including phenoxy) is 1. The number of halogens is 3. The number of aromatic nitrogens is 3. The topological polar surface area (TPSA) is 111 Å². The van der Waals surface area contributed by atoms with Crippen LogP contribution in [0.1, 0.15) is 15.9 Å². The highest BCUT2D eigenvalue weighted by Gasteiger charge is 2.17. The van der Waals surface area contributed by atoms with Crippen molar-refractivity contribution in [1.29, 1.82) is 0 Å². The molecule has 0 radical (unpaired) electrons. The lowest BCUT2D eigenvalue weighted by Crippen LogP contribution is -2.27. The lowest BCUT2D eigenvalue weighted by molar-refractivity contribution is 0.102. The van der Waals surface area contributed by atoms with Gasteiger partial charge in [-0.1, -0.05) is 41.4 Å². The van der Waals surface area contributed by atoms with E-state index in [0.717, 1.165) is 11.3 Å². The maximum Gasteiger partial charge on any atom is 0.293 e. The first-order valence-electron chi connectivity index (χ1n) is 13.8. The molecule has 232 valence electrons. The van der Waals surface area contributed by atoms with Crippen LogP contribution in [0.4, 0.5) is 16.0 Å². The van der Waals surface area contributed by atoms with Crippen molar-refractivity contribution in [3.8, 4) is 16.9 Å². The van der Waals surface area contributed by atoms with Crippen molar-refractivity contribution in [2.24, 2.45) is 0 Å². The number of pyridine rings is 1. The number of hydrogen-bond acceptors (Lipinski definition) is 8. The summed E-state index contributed by atoms with van der Waals surface area (Å²) in [6, 6.07) is 17.1. The summed E-state index contributed by atoms with van der Waals surface area (Å²) in [5.74, 6) is -0.0758. The molecule has 2 heterocycles. The predicted molar refractivity (Wildman–Crippen MR) is 174 cm³/mol. The third-order valence-corrected chi connectivity index (χ3v) is 7.33. The van der Waals surface area contributed by atoms with Gasteiger partial charge in [-0.05, 0) is 68.2 Å². The number of fused-ring (bicyclic) bond motifs is 1. The van der Waals surface area contributed by atoms with Crippen LogP contribution in [0.15, 0.2) is 77.7 Å². The molecule has 0 bridgehead atoms. The molecule has 0 unspecified atom stereocenters. The Morgan fingerprint density at radius 2 is 1.84 bits per heavy atom. The van der Waals surface area contributed by atoms with Gasteiger partial charge in [0, 0.05) is 41.5 Å². The van der Waals surface area contributed by atoms with Gasteiger partial charge in [-0.2, -0.15) is 4.98 Å². The lowest BCUT2D eigenvalue weighted by Gasteiger charge is -2.14. The van der Waals surface area contributed by atoms with E-state index in [2.05, 4.69) is 20.6 Å². The molecule has 0 spiro atoms. The van der Waals surface area contributed by atoms with Gasteiger partial charge in [-0.25, -0.2) is 9.37 Å². The molecule has 5 rings (SSSR count). The Hall–Kier alpha value is -4.71. The summed E-state index contributed by atoms with van der Waals surface area (Å²) in [6.07, 6.45) is 1.60. The molecule has 45 heavy (non-hydrogen) atoms. The van der Waals surface area contributed by atoms with Crippen LogP contribution in [0.3, 0.4) is 0 Å². The summed E-state index contributed by atoms with van der Waals surface area (Å²) in [5.41, 5.74) is 1.87. The summed E-state index contributed by atoms with van der Waals surface area (Å²) in [7, 11) is 5.30. The molecule has 13 heteroatoms. The molecule has 0 aliphatic rings. The summed E-state index contributed by atoms with van der Waals surface area (Å²) in [6.45, 7) is 1.51. The minimum Gasteiger partial charge on any atom is -0.487 e. The number of carbonyl (C=O) groups is 1. The number of carbonyl (C=O) groups excluding carboxylic acids is 1. The van der Waals surface area contributed by atoms with Gasteiger partial charge < -0.3 is 25.1 Å². The number of rotatable bonds is 11. The second kappa shape index (κ2) is 13.9. The first-order valence-corrected chi connectivity index (χ1v) is 14.5. The second-order valence-electron chi connectivity index (χ2n) is 10.3. The lowest BCUT2D eigenvalue weighted by atomic mass is 10.1. The van der Waals surface area contributed by atoms with Crippen LogP contribution in [-0.2, 0) is 6.61 Å². The number of anilines is 2. The summed E-state index contributed by atoms with van der Waals surface area (Å²) in [4.78, 5) is 42.6. The van der Waals surface area contributed by atoms with Crippen LogP contribution in [0, 0.1) is 5.82 Å². The SMILES string of the molecule is COn1c(=O)c(-c2ccc(NC(=O)c3ccc(OCc4cccc(F)c4)c(Cl)c3)cc2Cl)cc2cnc(NCCN(C)C)nc21. The standard InChI is InChI=1S/C32H29Cl2FN6O4/c1-40(2)12-11-36-32-37-17-21-14-25(31(43)41(44-3)29(21)39-32)24-9-8-23(16-26(24)33)38-30(42)20-7-10-28(27(34)15-20)45-18-19-5-4-6-22(35)13-19/h4-10,13-17H,11-12,18H2,1-3H3,(H,38,42)(H,36,37,39). The Morgan fingerprint density at radius 3 is 2.56 bits per heavy atom. The van der Waals surface area contributed by atoms with Crippen LogP contribution < -0.4 is 25.8 Å². The largest absolute Gasteiger partial charge is 0.487 e. The molecule has 0 fully saturated rings. The number of nitrogens with one attached hydrogen (secondary N) is 2. The number of hydrogen-bond donors (Lipinski definition) is 2. The van der Waals surface area contributed by atoms with Crippen molar-refractivity contribution in [1.82, 2.24) is 19.6 Å². The van der Waals surface area contributed by atoms with Crippen molar-refractivity contribution in [2.75, 3.05) is 44.9 Å². The molecule has 0 saturated heterocycles. The fraction of sp³-hybridized carbons (Fsp3) is 0.188. The normalized spacial score (nSPS) is 11.1. The summed E-state index contributed by atoms with van der Waals surface area (Å²) in [5, 5.41) is 6.93. The summed E-state index contributed by atoms with van der Waals surface area (Å²) >= 11 is 13.0. The van der Waals surface area contributed by atoms with E-state index in [-0.39, 0.29) is 33.6 Å². The van der Waals surface area contributed by atoms with E-state index in [0.29, 0.717) is 46.1 Å². The molecule has 2 N–H and O–H groups in total. The van der Waals surface area contributed by atoms with Crippen molar-refractivity contribution in [3.05, 3.63) is 110 Å². The van der Waals surface area contributed by atoms with E-state index in [1.54, 1.807) is 54.7 Å². The van der Waals surface area contributed by atoms with E-state index in [1.165, 1.54) is 25.3 Å². The number of likely N-dealkylation sites (N-methyl/N-ethyl adjacent to an activating group) is 1. The Labute approximate surface area is 268 Å². The monoisotopic (exact) mass is 650 g/mol. The molecular weight excluding hydrogens is 622 g/mol. The maximum absolute atomic E-state index is 13.4. The van der Waals surface area contributed by atoms with Crippen molar-refractivity contribution in [2.45, 2.75) is 6.61 Å². The highest BCUT2D eigenvalue weighted by Crippen LogP contribution is 2.31. The molecule has 0 saturated carbocycles. The smallest absolute Gasteiger partial charge is 0.293 e. The van der Waals surface area contributed by atoms with Crippen molar-refractivity contribution in [3.63, 3.8) is 0 Å². The van der Waals surface area contributed by atoms with Gasteiger partial charge in [0.1, 0.15) is 25.3 Å². The fourth-order valence-corrected chi connectivity index (χ4v) is 4.99. The van der Waals surface area contributed by atoms with Gasteiger partial charge in [0.25, 0.3) is 11.5 Å². The van der Waals surface area contributed by atoms with Crippen molar-refractivity contribution < 1.29 is 18.8 Å². The minimum absolute atomic E-state index is 0.114. The molecule has 10 nitrogen and oxygen atoms in total. The Morgan fingerprint density at radius 1 is 1.02 bits per heavy atom. The summed E-state index contributed by atoms with van der Waals surface area (Å²) < 4.78 is 20.2. The van der Waals surface area contributed by atoms with Gasteiger partial charge in [0.05, 0.1) is 15.6 Å². The Bertz CT molecular complexity index is 1930. The quantitative estimate of drug-likeness (QED) is 0.185. The van der Waals surface area contributed by atoms with Gasteiger partial charge in [0.15, 0.2) is 5.65 Å². The van der Waals surface area contributed by atoms with Gasteiger partial charge in [-0.15, -0.1) is 4.73 Å². The number of nitrogens with zero attached hydrogens (tertiary/aromatic N) is 4. The number of amides is 1. The van der Waals surface area contributed by atoms with Gasteiger partial charge >= 0.3 is 0 Å². The van der Waals surface area contributed by atoms with E-state index in [4.69, 9.17) is 32.8 Å². The van der Waals surface area contributed by atoms with Gasteiger partial charge in [-0.3, -0.25) is 9.59 Å². The molecule has 5 aromatic rings. The van der Waals surface area contributed by atoms with E-state index < -0.39 is 11.5 Å². The third-order valence-electron chi connectivity index (χ3n) is 6.72. The Kier molecular flexibility index (Phi) is 9.82. The third kappa shape index (κ3) is 7.51. The van der Waals surface area contributed by atoms with Crippen LogP contribution in [0.2, 0.25) is 10.0 Å². The minimum atomic E-state index is -0.462. The highest BCUT2D eigenvalue weighted by atomic mass is 35.5. The van der Waals surface area contributed by atoms with Crippen molar-refractivity contribution >= 4 is 51.8 Å². The highest BCUT2D eigenvalue weighted by molar-refractivity contribution is 6.34. The fourth-order valence-electron chi connectivity index (χ4n) is 4.47. The first kappa shape index (κ1) is 31.7. The van der Waals surface area contributed by atoms with Crippen LogP contribution in [-0.4, -0.2) is 59.8 Å². The predicted octanol–water partition coefficient (Wildman–Crippen LogP) is 5.77. The van der Waals surface area contributed by atoms with E-state index >= 15 is 0 Å². The maximum atomic E-state index is 13.4. The molecular formula is C32H29Cl2FN6O4. The molecule has 0 atom stereocenters. The zero-order chi connectivity index (χ0) is 32.1. The average Bonchev–Trinajstić information content (AvgIpc) is 3.00. The molecule has 2 aromatic heterocycles. The molecule has 0 aliphatic heterocycles. The second-order valence-corrected chi connectivity index (χ2v) is 11.1. The van der Waals surface area contributed by atoms with Crippen LogP contribution in [0.25, 0.3) is 22.2 Å². The van der Waals surface area contributed by atoms with Crippen LogP contribution >= 0.6 is 23.2 Å². The zero-order valence-corrected chi connectivity index (χ0v) is 26.1. The molecule has 0 aliphatic carbocycles. The van der Waals surface area contributed by atoms with Crippen LogP contribution in [0.5, 0.6) is 5.75 Å². The molecule has 1 amide bonds. The Balaban J connectivity index is 1.32. The molecule has 3 aromatic carbocycles. The van der Waals surface area contributed by atoms with E-state index in [1.807, 2.05) is 19.0 Å².